The van der Waals surface area contributed by atoms with E-state index in [2.05, 4.69) is 4.74 Å². The fourth-order valence-corrected chi connectivity index (χ4v) is 3.62. The molecule has 1 fully saturated rings. The molecule has 0 bridgehead atoms. The number of carbonyl (C=O) groups is 3. The summed E-state index contributed by atoms with van der Waals surface area (Å²) in [5, 5.41) is -0.0275. The molecule has 0 saturated carbocycles. The van der Waals surface area contributed by atoms with E-state index in [4.69, 9.17) is 21.1 Å². The van der Waals surface area contributed by atoms with E-state index in [-0.39, 0.29) is 17.3 Å². The number of benzene rings is 2. The maximum atomic E-state index is 12.8. The Morgan fingerprint density at radius 2 is 1.93 bits per heavy atom. The number of hydrogen-bond acceptors (Lipinski definition) is 7. The quantitative estimate of drug-likeness (QED) is 0.500. The minimum Gasteiger partial charge on any atom is -0.493 e. The second-order valence-corrected chi connectivity index (χ2v) is 7.17. The molecule has 1 aliphatic rings. The molecule has 2 amide bonds. The number of nitrogens with zero attached hydrogens (tertiary/aromatic N) is 1. The number of halogens is 1. The van der Waals surface area contributed by atoms with Gasteiger partial charge in [0.2, 0.25) is 0 Å². The second kappa shape index (κ2) is 9.02. The maximum Gasteiger partial charge on any atom is 0.343 e. The molecule has 0 aromatic heterocycles. The van der Waals surface area contributed by atoms with Crippen LogP contribution in [0.4, 0.5) is 10.5 Å². The van der Waals surface area contributed by atoms with E-state index >= 15 is 0 Å². The Morgan fingerprint density at radius 3 is 2.62 bits per heavy atom. The molecule has 3 rings (SSSR count). The minimum atomic E-state index is -0.567. The van der Waals surface area contributed by atoms with Crippen molar-refractivity contribution in [2.75, 3.05) is 25.7 Å². The van der Waals surface area contributed by atoms with Crippen LogP contribution in [0.5, 0.6) is 11.5 Å². The van der Waals surface area contributed by atoms with Gasteiger partial charge < -0.3 is 14.2 Å². The number of hydrogen-bond donors (Lipinski definition) is 0. The summed E-state index contributed by atoms with van der Waals surface area (Å²) in [7, 11) is 2.71. The van der Waals surface area contributed by atoms with E-state index in [1.807, 2.05) is 0 Å². The molecule has 9 heteroatoms. The summed E-state index contributed by atoms with van der Waals surface area (Å²) >= 11 is 6.77. The van der Waals surface area contributed by atoms with Crippen molar-refractivity contribution >= 4 is 52.2 Å². The van der Waals surface area contributed by atoms with Gasteiger partial charge in [-0.2, -0.15) is 0 Å². The Balaban J connectivity index is 1.95. The van der Waals surface area contributed by atoms with Crippen molar-refractivity contribution < 1.29 is 28.6 Å². The predicted octanol–water partition coefficient (Wildman–Crippen LogP) is 4.14. The van der Waals surface area contributed by atoms with Crippen molar-refractivity contribution in [3.05, 3.63) is 58.0 Å². The van der Waals surface area contributed by atoms with Gasteiger partial charge in [-0.3, -0.25) is 9.59 Å². The van der Waals surface area contributed by atoms with Crippen LogP contribution in [0, 0.1) is 0 Å². The summed E-state index contributed by atoms with van der Waals surface area (Å²) in [5.41, 5.74) is 0.862. The number of anilines is 1. The molecule has 29 heavy (non-hydrogen) atoms. The summed E-state index contributed by atoms with van der Waals surface area (Å²) in [4.78, 5) is 38.0. The number of imide groups is 1. The van der Waals surface area contributed by atoms with Gasteiger partial charge in [0, 0.05) is 10.6 Å². The van der Waals surface area contributed by atoms with Crippen LogP contribution >= 0.6 is 23.4 Å². The highest BCUT2D eigenvalue weighted by Gasteiger charge is 2.36. The van der Waals surface area contributed by atoms with Gasteiger partial charge in [-0.25, -0.2) is 9.69 Å². The van der Waals surface area contributed by atoms with Crippen LogP contribution in [0.1, 0.15) is 5.56 Å². The average molecular weight is 434 g/mol. The summed E-state index contributed by atoms with van der Waals surface area (Å²) in [6.07, 6.45) is 1.52. The third kappa shape index (κ3) is 4.55. The lowest BCUT2D eigenvalue weighted by atomic mass is 10.1. The first kappa shape index (κ1) is 20.8. The predicted molar refractivity (Wildman–Crippen MR) is 110 cm³/mol. The maximum absolute atomic E-state index is 12.8. The van der Waals surface area contributed by atoms with Crippen LogP contribution in [0.15, 0.2) is 47.4 Å². The minimum absolute atomic E-state index is 0.200. The number of rotatable bonds is 6. The first-order valence-electron chi connectivity index (χ1n) is 8.34. The number of amides is 2. The topological polar surface area (TPSA) is 82.1 Å². The highest BCUT2D eigenvalue weighted by Crippen LogP contribution is 2.39. The van der Waals surface area contributed by atoms with E-state index in [9.17, 15) is 14.4 Å². The number of ether oxygens (including phenoxy) is 3. The number of thioether (sulfide) groups is 1. The van der Waals surface area contributed by atoms with Gasteiger partial charge >= 0.3 is 5.97 Å². The standard InChI is InChI=1S/C20H16ClNO6S/c1-26-15-8-3-5-12(18(15)28-11-17(23)27-2)9-16-19(24)22(20(25)29-16)14-7-4-6-13(21)10-14/h3-10H,11H2,1-2H3/b16-9-. The van der Waals surface area contributed by atoms with E-state index in [1.54, 1.807) is 36.4 Å². The summed E-state index contributed by atoms with van der Waals surface area (Å²) in [5.74, 6) is -0.418. The van der Waals surface area contributed by atoms with Crippen LogP contribution in [0.25, 0.3) is 6.08 Å². The number of esters is 1. The molecule has 1 saturated heterocycles. The van der Waals surface area contributed by atoms with Crippen molar-refractivity contribution in [2.45, 2.75) is 0 Å². The Labute approximate surface area is 176 Å². The zero-order valence-corrected chi connectivity index (χ0v) is 17.1. The Kier molecular flexibility index (Phi) is 6.46. The normalized spacial score (nSPS) is 15.0. The fraction of sp³-hybridized carbons (Fsp3) is 0.150. The first-order valence-corrected chi connectivity index (χ1v) is 9.54. The van der Waals surface area contributed by atoms with Gasteiger partial charge in [-0.05, 0) is 42.1 Å². The molecule has 0 radical (unpaired) electrons. The second-order valence-electron chi connectivity index (χ2n) is 5.74. The highest BCUT2D eigenvalue weighted by molar-refractivity contribution is 8.19. The number of methoxy groups -OCH3 is 2. The zero-order chi connectivity index (χ0) is 21.0. The molecule has 7 nitrogen and oxygen atoms in total. The largest absolute Gasteiger partial charge is 0.493 e. The van der Waals surface area contributed by atoms with Crippen LogP contribution in [0.2, 0.25) is 5.02 Å². The van der Waals surface area contributed by atoms with Crippen molar-refractivity contribution in [2.24, 2.45) is 0 Å². The molecule has 1 heterocycles. The van der Waals surface area contributed by atoms with E-state index in [0.29, 0.717) is 22.0 Å². The summed E-state index contributed by atoms with van der Waals surface area (Å²) < 4.78 is 15.4. The van der Waals surface area contributed by atoms with Gasteiger partial charge in [-0.1, -0.05) is 29.8 Å². The Bertz CT molecular complexity index is 1010. The highest BCUT2D eigenvalue weighted by atomic mass is 35.5. The summed E-state index contributed by atoms with van der Waals surface area (Å²) in [6.45, 7) is -0.332. The molecule has 2 aromatic rings. The van der Waals surface area contributed by atoms with E-state index in [1.165, 1.54) is 26.4 Å². The molecule has 0 unspecified atom stereocenters. The van der Waals surface area contributed by atoms with Gasteiger partial charge in [0.25, 0.3) is 11.1 Å². The molecule has 0 N–H and O–H groups in total. The molecule has 2 aromatic carbocycles. The lowest BCUT2D eigenvalue weighted by Crippen LogP contribution is -2.27. The lowest BCUT2D eigenvalue weighted by Gasteiger charge is -2.13. The molecule has 1 aliphatic heterocycles. The summed E-state index contributed by atoms with van der Waals surface area (Å²) in [6, 6.07) is 11.5. The number of carbonyl (C=O) groups excluding carboxylic acids is 3. The number of para-hydroxylation sites is 1. The monoisotopic (exact) mass is 433 g/mol. The SMILES string of the molecule is COC(=O)COc1c(/C=C2\SC(=O)N(c3cccc(Cl)c3)C2=O)cccc1OC. The third-order valence-electron chi connectivity index (χ3n) is 3.94. The van der Waals surface area contributed by atoms with Gasteiger partial charge in [0.05, 0.1) is 24.8 Å². The van der Waals surface area contributed by atoms with E-state index < -0.39 is 17.1 Å². The molecular formula is C20H16ClNO6S. The molecule has 150 valence electrons. The average Bonchev–Trinajstić information content (AvgIpc) is 2.99. The Hall–Kier alpha value is -2.97. The van der Waals surface area contributed by atoms with Crippen LogP contribution in [-0.4, -0.2) is 37.9 Å². The van der Waals surface area contributed by atoms with Crippen LogP contribution in [-0.2, 0) is 14.3 Å². The fourth-order valence-electron chi connectivity index (χ4n) is 2.60. The third-order valence-corrected chi connectivity index (χ3v) is 5.04. The first-order chi connectivity index (χ1) is 13.9. The molecule has 0 spiro atoms. The van der Waals surface area contributed by atoms with Crippen LogP contribution < -0.4 is 14.4 Å². The van der Waals surface area contributed by atoms with Crippen molar-refractivity contribution in [3.63, 3.8) is 0 Å². The van der Waals surface area contributed by atoms with E-state index in [0.717, 1.165) is 16.7 Å². The Morgan fingerprint density at radius 1 is 1.17 bits per heavy atom. The van der Waals surface area contributed by atoms with Gasteiger partial charge in [-0.15, -0.1) is 0 Å². The lowest BCUT2D eigenvalue weighted by molar-refractivity contribution is -0.142. The smallest absolute Gasteiger partial charge is 0.343 e. The van der Waals surface area contributed by atoms with Crippen LogP contribution in [0.3, 0.4) is 0 Å². The van der Waals surface area contributed by atoms with Crippen molar-refractivity contribution in [1.82, 2.24) is 0 Å². The van der Waals surface area contributed by atoms with Gasteiger partial charge in [0.15, 0.2) is 18.1 Å². The van der Waals surface area contributed by atoms with Gasteiger partial charge in [0.1, 0.15) is 0 Å². The molecule has 0 atom stereocenters. The van der Waals surface area contributed by atoms with Crippen molar-refractivity contribution in [1.29, 1.82) is 0 Å². The van der Waals surface area contributed by atoms with Crippen molar-refractivity contribution in [3.8, 4) is 11.5 Å². The zero-order valence-electron chi connectivity index (χ0n) is 15.5. The molecule has 0 aliphatic carbocycles. The molecular weight excluding hydrogens is 418 g/mol.